The Morgan fingerprint density at radius 3 is 3.00 bits per heavy atom. The number of nitrogens with zero attached hydrogens (tertiary/aromatic N) is 2. The van der Waals surface area contributed by atoms with E-state index in [4.69, 9.17) is 0 Å². The van der Waals surface area contributed by atoms with E-state index < -0.39 is 0 Å². The molecule has 136 valence electrons. The number of aromatic amines is 1. The Hall–Kier alpha value is -1.11. The number of halogens is 1. The fourth-order valence-electron chi connectivity index (χ4n) is 3.64. The molecular weight excluding hydrogens is 326 g/mol. The van der Waals surface area contributed by atoms with Gasteiger partial charge in [-0.3, -0.25) is 14.8 Å². The summed E-state index contributed by atoms with van der Waals surface area (Å²) >= 11 is 0. The van der Waals surface area contributed by atoms with Crippen molar-refractivity contribution in [3.05, 3.63) is 17.0 Å². The van der Waals surface area contributed by atoms with Gasteiger partial charge >= 0.3 is 0 Å². The lowest BCUT2D eigenvalue weighted by molar-refractivity contribution is 0.0655. The van der Waals surface area contributed by atoms with Gasteiger partial charge in [-0.25, -0.2) is 0 Å². The molecule has 2 aliphatic rings. The molecule has 24 heavy (non-hydrogen) atoms. The van der Waals surface area contributed by atoms with Gasteiger partial charge in [0.05, 0.1) is 0 Å². The fourth-order valence-corrected chi connectivity index (χ4v) is 3.64. The summed E-state index contributed by atoms with van der Waals surface area (Å²) in [7, 11) is 0. The Morgan fingerprint density at radius 1 is 1.46 bits per heavy atom. The van der Waals surface area contributed by atoms with E-state index in [1.807, 2.05) is 0 Å². The van der Waals surface area contributed by atoms with Crippen LogP contribution in [0, 0.1) is 5.92 Å². The Morgan fingerprint density at radius 2 is 2.25 bits per heavy atom. The van der Waals surface area contributed by atoms with Gasteiger partial charge < -0.3 is 10.6 Å². The number of amides is 1. The van der Waals surface area contributed by atoms with Crippen molar-refractivity contribution in [3.63, 3.8) is 0 Å². The average Bonchev–Trinajstić information content (AvgIpc) is 2.97. The van der Waals surface area contributed by atoms with Gasteiger partial charge in [-0.15, -0.1) is 12.4 Å². The zero-order valence-corrected chi connectivity index (χ0v) is 15.8. The van der Waals surface area contributed by atoms with E-state index in [1.54, 1.807) is 0 Å². The predicted octanol–water partition coefficient (Wildman–Crippen LogP) is 1.72. The van der Waals surface area contributed by atoms with Crippen molar-refractivity contribution in [2.24, 2.45) is 5.92 Å². The molecule has 7 heteroatoms. The monoisotopic (exact) mass is 355 g/mol. The smallest absolute Gasteiger partial charge is 0.272 e. The quantitative estimate of drug-likeness (QED) is 0.769. The van der Waals surface area contributed by atoms with Crippen LogP contribution in [0.1, 0.15) is 55.4 Å². The molecule has 0 radical (unpaired) electrons. The molecule has 0 saturated carbocycles. The maximum absolute atomic E-state index is 12.5. The minimum atomic E-state index is -0.0654. The molecule has 1 aromatic rings. The summed E-state index contributed by atoms with van der Waals surface area (Å²) in [6.07, 6.45) is 3.47. The average molecular weight is 356 g/mol. The van der Waals surface area contributed by atoms with Crippen molar-refractivity contribution >= 4 is 18.3 Å². The van der Waals surface area contributed by atoms with Crippen molar-refractivity contribution in [2.45, 2.75) is 52.1 Å². The Balaban J connectivity index is 0.00000208. The summed E-state index contributed by atoms with van der Waals surface area (Å²) in [5.74, 6) is 0.674. The summed E-state index contributed by atoms with van der Waals surface area (Å²) in [5, 5.41) is 13.6. The molecule has 2 aliphatic heterocycles. The van der Waals surface area contributed by atoms with Crippen LogP contribution < -0.4 is 10.6 Å². The number of rotatable bonds is 4. The summed E-state index contributed by atoms with van der Waals surface area (Å²) in [6, 6.07) is 0. The number of fused-ring (bicyclic) bond motifs is 1. The number of likely N-dealkylation sites (tertiary alicyclic amines) is 1. The van der Waals surface area contributed by atoms with Gasteiger partial charge in [0.25, 0.3) is 5.91 Å². The van der Waals surface area contributed by atoms with Gasteiger partial charge in [0.15, 0.2) is 5.69 Å². The molecule has 0 bridgehead atoms. The molecule has 3 heterocycles. The summed E-state index contributed by atoms with van der Waals surface area (Å²) < 4.78 is 0. The maximum atomic E-state index is 12.5. The molecule has 1 unspecified atom stereocenters. The second-order valence-corrected chi connectivity index (χ2v) is 7.64. The van der Waals surface area contributed by atoms with Crippen molar-refractivity contribution in [1.82, 2.24) is 25.7 Å². The number of nitrogens with one attached hydrogen (secondary N) is 3. The van der Waals surface area contributed by atoms with Crippen LogP contribution in [-0.4, -0.2) is 52.7 Å². The largest absolute Gasteiger partial charge is 0.349 e. The predicted molar refractivity (Wildman–Crippen MR) is 97.6 cm³/mol. The number of carbonyl (C=O) groups is 1. The van der Waals surface area contributed by atoms with Crippen molar-refractivity contribution in [1.29, 1.82) is 0 Å². The lowest BCUT2D eigenvalue weighted by Gasteiger charge is -2.43. The highest BCUT2D eigenvalue weighted by atomic mass is 35.5. The molecule has 3 rings (SSSR count). The van der Waals surface area contributed by atoms with Gasteiger partial charge in [-0.2, -0.15) is 5.10 Å². The van der Waals surface area contributed by atoms with Gasteiger partial charge in [-0.05, 0) is 39.2 Å². The lowest BCUT2D eigenvalue weighted by Crippen LogP contribution is -2.54. The van der Waals surface area contributed by atoms with Crippen LogP contribution >= 0.6 is 12.4 Å². The van der Waals surface area contributed by atoms with Crippen LogP contribution in [-0.2, 0) is 13.0 Å². The van der Waals surface area contributed by atoms with Crippen LogP contribution in [0.25, 0.3) is 0 Å². The summed E-state index contributed by atoms with van der Waals surface area (Å²) in [4.78, 5) is 15.0. The number of aromatic nitrogens is 2. The van der Waals surface area contributed by atoms with E-state index in [1.165, 1.54) is 12.8 Å². The molecular formula is C17H30ClN5O. The third-order valence-corrected chi connectivity index (χ3v) is 5.22. The number of hydrogen-bond donors (Lipinski definition) is 3. The molecule has 0 aliphatic carbocycles. The van der Waals surface area contributed by atoms with Crippen LogP contribution in [0.15, 0.2) is 0 Å². The minimum Gasteiger partial charge on any atom is -0.349 e. The molecule has 0 spiro atoms. The number of piperidine rings is 1. The van der Waals surface area contributed by atoms with E-state index in [9.17, 15) is 4.79 Å². The van der Waals surface area contributed by atoms with Gasteiger partial charge in [0, 0.05) is 49.4 Å². The summed E-state index contributed by atoms with van der Waals surface area (Å²) in [6.45, 7) is 11.3. The van der Waals surface area contributed by atoms with Gasteiger partial charge in [0.2, 0.25) is 0 Å². The topological polar surface area (TPSA) is 73.0 Å². The zero-order chi connectivity index (χ0) is 16.4. The highest BCUT2D eigenvalue weighted by Gasteiger charge is 2.31. The molecule has 1 aromatic heterocycles. The molecule has 6 nitrogen and oxygen atoms in total. The normalized spacial score (nSPS) is 21.7. The van der Waals surface area contributed by atoms with Gasteiger partial charge in [0.1, 0.15) is 0 Å². The van der Waals surface area contributed by atoms with Crippen LogP contribution in [0.2, 0.25) is 0 Å². The van der Waals surface area contributed by atoms with E-state index in [-0.39, 0.29) is 23.9 Å². The van der Waals surface area contributed by atoms with Crippen molar-refractivity contribution in [2.75, 3.05) is 26.2 Å². The number of hydrogen-bond acceptors (Lipinski definition) is 4. The first-order valence-electron chi connectivity index (χ1n) is 8.77. The minimum absolute atomic E-state index is 0. The zero-order valence-electron chi connectivity index (χ0n) is 14.9. The highest BCUT2D eigenvalue weighted by Crippen LogP contribution is 2.23. The SMILES string of the molecule is CC1CCCN(C(C)(C)CNC(=O)c2n[nH]c3c2CNCC3)C1.Cl. The van der Waals surface area contributed by atoms with Crippen molar-refractivity contribution in [3.8, 4) is 0 Å². The molecule has 0 aromatic carbocycles. The second kappa shape index (κ2) is 7.85. The third-order valence-electron chi connectivity index (χ3n) is 5.22. The van der Waals surface area contributed by atoms with Crippen LogP contribution in [0.5, 0.6) is 0 Å². The van der Waals surface area contributed by atoms with Gasteiger partial charge in [-0.1, -0.05) is 6.92 Å². The molecule has 1 fully saturated rings. The highest BCUT2D eigenvalue weighted by molar-refractivity contribution is 5.94. The first kappa shape index (κ1) is 19.2. The molecule has 1 amide bonds. The summed E-state index contributed by atoms with van der Waals surface area (Å²) in [5.41, 5.74) is 2.64. The third kappa shape index (κ3) is 4.10. The van der Waals surface area contributed by atoms with E-state index in [2.05, 4.69) is 46.5 Å². The standard InChI is InChI=1S/C17H29N5O.ClH/c1-12-5-4-8-22(10-12)17(2,3)11-19-16(23)15-13-9-18-7-6-14(13)20-21-15;/h12,18H,4-11H2,1-3H3,(H,19,23)(H,20,21);1H. The Bertz CT molecular complexity index is 571. The second-order valence-electron chi connectivity index (χ2n) is 7.64. The molecule has 1 saturated heterocycles. The molecule has 1 atom stereocenters. The Kier molecular flexibility index (Phi) is 6.28. The van der Waals surface area contributed by atoms with E-state index in [0.29, 0.717) is 12.2 Å². The van der Waals surface area contributed by atoms with Crippen molar-refractivity contribution < 1.29 is 4.79 Å². The number of carbonyl (C=O) groups excluding carboxylic acids is 1. The lowest BCUT2D eigenvalue weighted by atomic mass is 9.93. The Labute approximate surface area is 150 Å². The number of H-pyrrole nitrogens is 1. The molecule has 3 N–H and O–H groups in total. The van der Waals surface area contributed by atoms with E-state index >= 15 is 0 Å². The first-order chi connectivity index (χ1) is 11.0. The fraction of sp³-hybridized carbons (Fsp3) is 0.765. The van der Waals surface area contributed by atoms with Crippen LogP contribution in [0.3, 0.4) is 0 Å². The maximum Gasteiger partial charge on any atom is 0.272 e. The first-order valence-corrected chi connectivity index (χ1v) is 8.77. The van der Waals surface area contributed by atoms with E-state index in [0.717, 1.165) is 49.8 Å². The van der Waals surface area contributed by atoms with Crippen LogP contribution in [0.4, 0.5) is 0 Å².